The summed E-state index contributed by atoms with van der Waals surface area (Å²) in [4.78, 5) is 0. The first kappa shape index (κ1) is 15.4. The summed E-state index contributed by atoms with van der Waals surface area (Å²) < 4.78 is 38.0. The zero-order chi connectivity index (χ0) is 14.6. The van der Waals surface area contributed by atoms with Crippen LogP contribution in [0, 0.1) is 11.8 Å². The van der Waals surface area contributed by atoms with Gasteiger partial charge in [-0.3, -0.25) is 0 Å². The lowest BCUT2D eigenvalue weighted by Crippen LogP contribution is -2.16. The minimum Gasteiger partial charge on any atom is -0.166 e. The van der Waals surface area contributed by atoms with Gasteiger partial charge < -0.3 is 0 Å². The van der Waals surface area contributed by atoms with Gasteiger partial charge in [-0.2, -0.15) is 13.2 Å². The summed E-state index contributed by atoms with van der Waals surface area (Å²) in [5.41, 5.74) is 0.313. The number of hydrogen-bond donors (Lipinski definition) is 0. The molecule has 1 fully saturated rings. The Bertz CT molecular complexity index is 414. The van der Waals surface area contributed by atoms with Crippen LogP contribution in [0.1, 0.15) is 56.6 Å². The molecular formula is C17H23F3. The number of hydrogen-bond acceptors (Lipinski definition) is 0. The van der Waals surface area contributed by atoms with Gasteiger partial charge in [0.2, 0.25) is 0 Å². The summed E-state index contributed by atoms with van der Waals surface area (Å²) in [7, 11) is 0. The smallest absolute Gasteiger partial charge is 0.166 e. The maximum absolute atomic E-state index is 12.7. The summed E-state index contributed by atoms with van der Waals surface area (Å²) in [6, 6.07) is 5.83. The second-order valence-corrected chi connectivity index (χ2v) is 6.08. The molecule has 0 unspecified atom stereocenters. The molecule has 1 aromatic rings. The molecule has 0 bridgehead atoms. The highest BCUT2D eigenvalue weighted by molar-refractivity contribution is 5.26. The molecule has 1 aliphatic carbocycles. The van der Waals surface area contributed by atoms with Crippen molar-refractivity contribution in [3.63, 3.8) is 0 Å². The van der Waals surface area contributed by atoms with Crippen molar-refractivity contribution in [1.82, 2.24) is 0 Å². The Hall–Kier alpha value is -0.990. The highest BCUT2D eigenvalue weighted by Gasteiger charge is 2.30. The SMILES string of the molecule is CCCC1CCC(Cc2cccc(C(F)(F)F)c2)CC1. The number of rotatable bonds is 4. The van der Waals surface area contributed by atoms with Crippen molar-refractivity contribution >= 4 is 0 Å². The van der Waals surface area contributed by atoms with E-state index in [0.29, 0.717) is 5.92 Å². The molecule has 1 aliphatic rings. The molecule has 112 valence electrons. The quantitative estimate of drug-likeness (QED) is 0.650. The van der Waals surface area contributed by atoms with Crippen LogP contribution in [-0.4, -0.2) is 0 Å². The van der Waals surface area contributed by atoms with Crippen LogP contribution in [0.2, 0.25) is 0 Å². The zero-order valence-electron chi connectivity index (χ0n) is 12.0. The van der Waals surface area contributed by atoms with Crippen LogP contribution >= 0.6 is 0 Å². The van der Waals surface area contributed by atoms with Gasteiger partial charge in [0.25, 0.3) is 0 Å². The minimum atomic E-state index is -4.23. The average molecular weight is 284 g/mol. The van der Waals surface area contributed by atoms with Gasteiger partial charge in [0.15, 0.2) is 0 Å². The second-order valence-electron chi connectivity index (χ2n) is 6.08. The van der Waals surface area contributed by atoms with Crippen LogP contribution in [-0.2, 0) is 12.6 Å². The molecule has 1 saturated carbocycles. The van der Waals surface area contributed by atoms with Crippen molar-refractivity contribution < 1.29 is 13.2 Å². The van der Waals surface area contributed by atoms with Crippen LogP contribution < -0.4 is 0 Å². The maximum Gasteiger partial charge on any atom is 0.416 e. The van der Waals surface area contributed by atoms with E-state index in [-0.39, 0.29) is 0 Å². The maximum atomic E-state index is 12.7. The summed E-state index contributed by atoms with van der Waals surface area (Å²) in [5, 5.41) is 0. The molecule has 0 radical (unpaired) electrons. The molecule has 3 heteroatoms. The predicted octanol–water partition coefficient (Wildman–Crippen LogP) is 5.85. The average Bonchev–Trinajstić information content (AvgIpc) is 2.41. The molecule has 0 aromatic heterocycles. The number of alkyl halides is 3. The predicted molar refractivity (Wildman–Crippen MR) is 75.5 cm³/mol. The summed E-state index contributed by atoms with van der Waals surface area (Å²) >= 11 is 0. The first-order valence-electron chi connectivity index (χ1n) is 7.65. The normalized spacial score (nSPS) is 23.8. The first-order chi connectivity index (χ1) is 9.49. The zero-order valence-corrected chi connectivity index (χ0v) is 12.0. The van der Waals surface area contributed by atoms with E-state index >= 15 is 0 Å². The topological polar surface area (TPSA) is 0 Å². The van der Waals surface area contributed by atoms with Crippen molar-refractivity contribution in [2.75, 3.05) is 0 Å². The third-order valence-electron chi connectivity index (χ3n) is 4.44. The molecule has 0 atom stereocenters. The molecular weight excluding hydrogens is 261 g/mol. The van der Waals surface area contributed by atoms with Gasteiger partial charge in [-0.05, 0) is 42.7 Å². The van der Waals surface area contributed by atoms with Crippen molar-refractivity contribution in [3.05, 3.63) is 35.4 Å². The van der Waals surface area contributed by atoms with Crippen molar-refractivity contribution in [2.24, 2.45) is 11.8 Å². The van der Waals surface area contributed by atoms with E-state index in [1.165, 1.54) is 50.7 Å². The van der Waals surface area contributed by atoms with E-state index in [1.807, 2.05) is 6.07 Å². The van der Waals surface area contributed by atoms with Crippen LogP contribution in [0.15, 0.2) is 24.3 Å². The van der Waals surface area contributed by atoms with Gasteiger partial charge in [0.05, 0.1) is 5.56 Å². The van der Waals surface area contributed by atoms with Crippen LogP contribution in [0.25, 0.3) is 0 Å². The molecule has 0 saturated heterocycles. The van der Waals surface area contributed by atoms with Crippen LogP contribution in [0.3, 0.4) is 0 Å². The molecule has 0 spiro atoms. The summed E-state index contributed by atoms with van der Waals surface area (Å²) in [6.45, 7) is 2.22. The molecule has 2 rings (SSSR count). The Morgan fingerprint density at radius 3 is 2.30 bits per heavy atom. The van der Waals surface area contributed by atoms with E-state index in [0.717, 1.165) is 24.0 Å². The fourth-order valence-electron chi connectivity index (χ4n) is 3.34. The van der Waals surface area contributed by atoms with Crippen molar-refractivity contribution in [3.8, 4) is 0 Å². The highest BCUT2D eigenvalue weighted by Crippen LogP contribution is 2.34. The van der Waals surface area contributed by atoms with Gasteiger partial charge in [-0.1, -0.05) is 50.8 Å². The Labute approximate surface area is 119 Å². The largest absolute Gasteiger partial charge is 0.416 e. The van der Waals surface area contributed by atoms with Crippen molar-refractivity contribution in [2.45, 2.75) is 58.0 Å². The Balaban J connectivity index is 1.91. The van der Waals surface area contributed by atoms with Gasteiger partial charge in [0.1, 0.15) is 0 Å². The second kappa shape index (κ2) is 6.64. The summed E-state index contributed by atoms with van der Waals surface area (Å²) in [6.07, 6.45) is 3.94. The lowest BCUT2D eigenvalue weighted by atomic mass is 9.78. The summed E-state index contributed by atoms with van der Waals surface area (Å²) in [5.74, 6) is 1.41. The molecule has 0 nitrogen and oxygen atoms in total. The number of halogens is 3. The molecule has 0 N–H and O–H groups in total. The Kier molecular flexibility index (Phi) is 5.11. The Morgan fingerprint density at radius 1 is 1.05 bits per heavy atom. The molecule has 0 amide bonds. The van der Waals surface area contributed by atoms with E-state index in [1.54, 1.807) is 0 Å². The monoisotopic (exact) mass is 284 g/mol. The first-order valence-corrected chi connectivity index (χ1v) is 7.65. The molecule has 1 aromatic carbocycles. The number of benzene rings is 1. The van der Waals surface area contributed by atoms with Gasteiger partial charge in [-0.25, -0.2) is 0 Å². The van der Waals surface area contributed by atoms with Gasteiger partial charge in [-0.15, -0.1) is 0 Å². The fourth-order valence-corrected chi connectivity index (χ4v) is 3.34. The van der Waals surface area contributed by atoms with E-state index < -0.39 is 11.7 Å². The lowest BCUT2D eigenvalue weighted by molar-refractivity contribution is -0.137. The van der Waals surface area contributed by atoms with Crippen LogP contribution in [0.5, 0.6) is 0 Å². The third-order valence-corrected chi connectivity index (χ3v) is 4.44. The minimum absolute atomic E-state index is 0.519. The van der Waals surface area contributed by atoms with E-state index in [2.05, 4.69) is 6.92 Å². The van der Waals surface area contributed by atoms with Crippen LogP contribution in [0.4, 0.5) is 13.2 Å². The molecule has 20 heavy (non-hydrogen) atoms. The third kappa shape index (κ3) is 4.26. The van der Waals surface area contributed by atoms with Gasteiger partial charge >= 0.3 is 6.18 Å². The van der Waals surface area contributed by atoms with Crippen molar-refractivity contribution in [1.29, 1.82) is 0 Å². The van der Waals surface area contributed by atoms with Gasteiger partial charge in [0, 0.05) is 0 Å². The molecule has 0 heterocycles. The fraction of sp³-hybridized carbons (Fsp3) is 0.647. The molecule has 0 aliphatic heterocycles. The Morgan fingerprint density at radius 2 is 1.70 bits per heavy atom. The highest BCUT2D eigenvalue weighted by atomic mass is 19.4. The van der Waals surface area contributed by atoms with E-state index in [4.69, 9.17) is 0 Å². The standard InChI is InChI=1S/C17H23F3/c1-2-4-13-7-9-14(10-8-13)11-15-5-3-6-16(12-15)17(18,19)20/h3,5-6,12-14H,2,4,7-11H2,1H3. The lowest BCUT2D eigenvalue weighted by Gasteiger charge is -2.28. The van der Waals surface area contributed by atoms with E-state index in [9.17, 15) is 13.2 Å².